The summed E-state index contributed by atoms with van der Waals surface area (Å²) in [5, 5.41) is 3.87. The Kier molecular flexibility index (Phi) is 8.21. The summed E-state index contributed by atoms with van der Waals surface area (Å²) in [6, 6.07) is 9.71. The minimum atomic E-state index is -4.01. The van der Waals surface area contributed by atoms with Crippen LogP contribution in [0.3, 0.4) is 0 Å². The van der Waals surface area contributed by atoms with Crippen LogP contribution in [-0.2, 0) is 14.8 Å². The Morgan fingerprint density at radius 1 is 1.10 bits per heavy atom. The highest BCUT2D eigenvalue weighted by atomic mass is 79.9. The molecule has 0 fully saturated rings. The van der Waals surface area contributed by atoms with Crippen molar-refractivity contribution in [2.75, 3.05) is 34.9 Å². The topological polar surface area (TPSA) is 107 Å². The maximum atomic E-state index is 12.9. The third kappa shape index (κ3) is 5.71. The van der Waals surface area contributed by atoms with Crippen LogP contribution in [0.25, 0.3) is 0 Å². The van der Waals surface area contributed by atoms with Gasteiger partial charge in [-0.05, 0) is 30.3 Å². The molecule has 11 heteroatoms. The molecule has 0 aromatic heterocycles. The van der Waals surface area contributed by atoms with Crippen molar-refractivity contribution in [3.63, 3.8) is 0 Å². The third-order valence-corrected chi connectivity index (χ3v) is 6.33. The van der Waals surface area contributed by atoms with Crippen molar-refractivity contribution in [1.82, 2.24) is 9.73 Å². The van der Waals surface area contributed by atoms with E-state index in [1.54, 1.807) is 24.3 Å². The number of rotatable bonds is 9. The zero-order valence-electron chi connectivity index (χ0n) is 16.9. The number of nitrogens with zero attached hydrogens (tertiary/aromatic N) is 2. The van der Waals surface area contributed by atoms with Gasteiger partial charge in [0, 0.05) is 23.2 Å². The van der Waals surface area contributed by atoms with Crippen molar-refractivity contribution in [2.24, 2.45) is 5.10 Å². The molecule has 2 aromatic rings. The molecule has 1 amide bonds. The van der Waals surface area contributed by atoms with Crippen LogP contribution < -0.4 is 19.6 Å². The fourth-order valence-corrected chi connectivity index (χ4v) is 4.13. The summed E-state index contributed by atoms with van der Waals surface area (Å²) >= 11 is 3.35. The lowest BCUT2D eigenvalue weighted by atomic mass is 10.2. The van der Waals surface area contributed by atoms with Gasteiger partial charge in [0.1, 0.15) is 22.1 Å². The highest BCUT2D eigenvalue weighted by molar-refractivity contribution is 9.10. The van der Waals surface area contributed by atoms with E-state index in [-0.39, 0.29) is 10.6 Å². The van der Waals surface area contributed by atoms with E-state index < -0.39 is 22.5 Å². The Hall–Kier alpha value is -2.63. The Labute approximate surface area is 183 Å². The normalized spacial score (nSPS) is 11.5. The highest BCUT2D eigenvalue weighted by Gasteiger charge is 2.27. The zero-order chi connectivity index (χ0) is 22.3. The Bertz CT molecular complexity index is 1040. The van der Waals surface area contributed by atoms with Crippen LogP contribution in [0.2, 0.25) is 0 Å². The quantitative estimate of drug-likeness (QED) is 0.418. The molecule has 0 saturated carbocycles. The first-order valence-corrected chi connectivity index (χ1v) is 10.8. The zero-order valence-corrected chi connectivity index (χ0v) is 19.3. The molecule has 2 rings (SSSR count). The lowest BCUT2D eigenvalue weighted by molar-refractivity contribution is -0.121. The van der Waals surface area contributed by atoms with Gasteiger partial charge in [-0.3, -0.25) is 4.79 Å². The van der Waals surface area contributed by atoms with E-state index >= 15 is 0 Å². The minimum Gasteiger partial charge on any atom is -0.497 e. The van der Waals surface area contributed by atoms with Gasteiger partial charge in [0.15, 0.2) is 0 Å². The number of carbonyl (C=O) groups excluding carboxylic acids is 1. The number of hydrogen-bond donors (Lipinski definition) is 1. The van der Waals surface area contributed by atoms with Crippen LogP contribution in [0.15, 0.2) is 50.9 Å². The monoisotopic (exact) mass is 499 g/mol. The summed E-state index contributed by atoms with van der Waals surface area (Å²) in [5.74, 6) is 0.441. The van der Waals surface area contributed by atoms with Crippen molar-refractivity contribution in [2.45, 2.75) is 4.90 Å². The smallest absolute Gasteiger partial charge is 0.255 e. The number of benzene rings is 2. The lowest BCUT2D eigenvalue weighted by Gasteiger charge is -2.18. The molecule has 0 atom stereocenters. The molecule has 0 heterocycles. The van der Waals surface area contributed by atoms with E-state index in [0.717, 1.165) is 8.78 Å². The van der Waals surface area contributed by atoms with Crippen molar-refractivity contribution < 1.29 is 27.4 Å². The molecule has 0 unspecified atom stereocenters. The number of hydrogen-bond acceptors (Lipinski definition) is 7. The van der Waals surface area contributed by atoms with Gasteiger partial charge in [0.05, 0.1) is 34.1 Å². The number of amides is 1. The molecule has 0 aliphatic carbocycles. The van der Waals surface area contributed by atoms with E-state index in [9.17, 15) is 13.2 Å². The van der Waals surface area contributed by atoms with E-state index in [4.69, 9.17) is 14.2 Å². The molecule has 0 spiro atoms. The predicted molar refractivity (Wildman–Crippen MR) is 116 cm³/mol. The van der Waals surface area contributed by atoms with Gasteiger partial charge in [-0.1, -0.05) is 15.9 Å². The van der Waals surface area contributed by atoms with E-state index in [0.29, 0.717) is 17.1 Å². The molecule has 162 valence electrons. The van der Waals surface area contributed by atoms with Crippen LogP contribution in [0.4, 0.5) is 0 Å². The standard InChI is InChI=1S/C19H22BrN3O6S/c1-23(30(25,26)18-10-15(27-2)6-8-17(18)29-4)12-19(24)22-21-11-13-9-14(20)5-7-16(13)28-3/h5-11H,12H2,1-4H3,(H,22,24)/b21-11-. The Morgan fingerprint density at radius 3 is 2.40 bits per heavy atom. The molecular formula is C19H22BrN3O6S. The van der Waals surface area contributed by atoms with Gasteiger partial charge in [-0.2, -0.15) is 9.41 Å². The fourth-order valence-electron chi connectivity index (χ4n) is 2.46. The summed E-state index contributed by atoms with van der Waals surface area (Å²) < 4.78 is 42.9. The van der Waals surface area contributed by atoms with Gasteiger partial charge in [-0.25, -0.2) is 13.8 Å². The van der Waals surface area contributed by atoms with Gasteiger partial charge in [-0.15, -0.1) is 0 Å². The number of hydrazone groups is 1. The number of nitrogens with one attached hydrogen (secondary N) is 1. The summed E-state index contributed by atoms with van der Waals surface area (Å²) in [6.07, 6.45) is 1.40. The summed E-state index contributed by atoms with van der Waals surface area (Å²) in [4.78, 5) is 12.1. The van der Waals surface area contributed by atoms with Crippen molar-refractivity contribution in [1.29, 1.82) is 0 Å². The first-order valence-electron chi connectivity index (χ1n) is 8.56. The summed E-state index contributed by atoms with van der Waals surface area (Å²) in [7, 11) is 1.58. The molecule has 30 heavy (non-hydrogen) atoms. The van der Waals surface area contributed by atoms with Crippen molar-refractivity contribution >= 4 is 38.1 Å². The maximum Gasteiger partial charge on any atom is 0.255 e. The van der Waals surface area contributed by atoms with Crippen LogP contribution in [0.1, 0.15) is 5.56 Å². The molecule has 1 N–H and O–H groups in total. The molecular weight excluding hydrogens is 478 g/mol. The first-order chi connectivity index (χ1) is 14.2. The van der Waals surface area contributed by atoms with Crippen LogP contribution in [0.5, 0.6) is 17.2 Å². The summed E-state index contributed by atoms with van der Waals surface area (Å²) in [5.41, 5.74) is 2.94. The second kappa shape index (κ2) is 10.4. The van der Waals surface area contributed by atoms with E-state index in [1.807, 2.05) is 0 Å². The molecule has 0 aliphatic rings. The van der Waals surface area contributed by atoms with Gasteiger partial charge < -0.3 is 14.2 Å². The number of methoxy groups -OCH3 is 3. The third-order valence-electron chi connectivity index (χ3n) is 4.01. The molecule has 2 aromatic carbocycles. The van der Waals surface area contributed by atoms with E-state index in [1.165, 1.54) is 46.7 Å². The van der Waals surface area contributed by atoms with Crippen LogP contribution in [0, 0.1) is 0 Å². The second-order valence-electron chi connectivity index (χ2n) is 5.96. The summed E-state index contributed by atoms with van der Waals surface area (Å²) in [6.45, 7) is -0.449. The largest absolute Gasteiger partial charge is 0.497 e. The first kappa shape index (κ1) is 23.6. The second-order valence-corrected chi connectivity index (χ2v) is 8.89. The predicted octanol–water partition coefficient (Wildman–Crippen LogP) is 2.25. The van der Waals surface area contributed by atoms with Crippen LogP contribution >= 0.6 is 15.9 Å². The Morgan fingerprint density at radius 2 is 1.77 bits per heavy atom. The number of likely N-dealkylation sites (N-methyl/N-ethyl adjacent to an activating group) is 1. The molecule has 0 radical (unpaired) electrons. The average molecular weight is 500 g/mol. The minimum absolute atomic E-state index is 0.109. The number of ether oxygens (including phenoxy) is 3. The van der Waals surface area contributed by atoms with Gasteiger partial charge in [0.25, 0.3) is 5.91 Å². The molecule has 0 saturated heterocycles. The SMILES string of the molecule is COc1ccc(OC)c(S(=O)(=O)N(C)CC(=O)N/N=C\c2cc(Br)ccc2OC)c1. The molecule has 9 nitrogen and oxygen atoms in total. The highest BCUT2D eigenvalue weighted by Crippen LogP contribution is 2.30. The number of sulfonamides is 1. The lowest BCUT2D eigenvalue weighted by Crippen LogP contribution is -2.36. The number of halogens is 1. The fraction of sp³-hybridized carbons (Fsp3) is 0.263. The van der Waals surface area contributed by atoms with Crippen molar-refractivity contribution in [3.05, 3.63) is 46.4 Å². The van der Waals surface area contributed by atoms with E-state index in [2.05, 4.69) is 26.5 Å². The van der Waals surface area contributed by atoms with Crippen LogP contribution in [-0.4, -0.2) is 59.8 Å². The molecule has 0 aliphatic heterocycles. The average Bonchev–Trinajstić information content (AvgIpc) is 2.73. The molecule has 0 bridgehead atoms. The number of carbonyl (C=O) groups is 1. The maximum absolute atomic E-state index is 12.9. The van der Waals surface area contributed by atoms with Crippen molar-refractivity contribution in [3.8, 4) is 17.2 Å². The van der Waals surface area contributed by atoms with Gasteiger partial charge in [0.2, 0.25) is 10.0 Å². The Balaban J connectivity index is 2.11. The van der Waals surface area contributed by atoms with Gasteiger partial charge >= 0.3 is 0 Å².